The van der Waals surface area contributed by atoms with Crippen molar-refractivity contribution in [2.75, 3.05) is 78.6 Å². The van der Waals surface area contributed by atoms with Crippen LogP contribution in [0.4, 0.5) is 19.2 Å². The van der Waals surface area contributed by atoms with Gasteiger partial charge in [0.15, 0.2) is 0 Å². The highest BCUT2D eigenvalue weighted by atomic mass is 79.9. The van der Waals surface area contributed by atoms with Crippen molar-refractivity contribution < 1.29 is 83.4 Å². The lowest BCUT2D eigenvalue weighted by atomic mass is 9.78. The number of amides is 8. The first-order valence-electron chi connectivity index (χ1n) is 47.2. The third-order valence-electron chi connectivity index (χ3n) is 28.7. The first kappa shape index (κ1) is 102. The van der Waals surface area contributed by atoms with Crippen molar-refractivity contribution in [1.29, 1.82) is 10.5 Å². The van der Waals surface area contributed by atoms with E-state index in [-0.39, 0.29) is 108 Å². The molecule has 2 spiro atoms. The molecule has 34 nitrogen and oxygen atoms in total. The van der Waals surface area contributed by atoms with Gasteiger partial charge in [-0.3, -0.25) is 29.2 Å². The fourth-order valence-electron chi connectivity index (χ4n) is 19.5. The van der Waals surface area contributed by atoms with Gasteiger partial charge in [0.25, 0.3) is 0 Å². The van der Waals surface area contributed by atoms with Crippen LogP contribution < -0.4 is 26.7 Å². The number of nitrogens with one attached hydrogen (secondary N) is 6. The molecule has 2 saturated carbocycles. The second-order valence-corrected chi connectivity index (χ2v) is 45.4. The minimum Gasteiger partial charge on any atom is -0.453 e. The van der Waals surface area contributed by atoms with Gasteiger partial charge in [0.1, 0.15) is 55.5 Å². The van der Waals surface area contributed by atoms with E-state index >= 15 is 0 Å². The molecule has 7 fully saturated rings. The molecule has 738 valence electrons. The Morgan fingerprint density at radius 3 is 1.22 bits per heavy atom. The number of carbonyl (C=O) groups is 8. The molecular formula is C102H120BBrN16O18S2. The van der Waals surface area contributed by atoms with E-state index < -0.39 is 98.6 Å². The zero-order chi connectivity index (χ0) is 100. The lowest BCUT2D eigenvalue weighted by Gasteiger charge is -2.32. The fraction of sp³-hybridized carbons (Fsp3) is 0.471. The van der Waals surface area contributed by atoms with E-state index in [1.54, 1.807) is 32.0 Å². The van der Waals surface area contributed by atoms with E-state index in [0.717, 1.165) is 150 Å². The molecule has 7 aliphatic heterocycles. The van der Waals surface area contributed by atoms with Gasteiger partial charge in [-0.25, -0.2) is 46.0 Å². The Kier molecular flexibility index (Phi) is 30.3. The molecule has 8 amide bonds. The highest BCUT2D eigenvalue weighted by Crippen LogP contribution is 2.57. The number of allylic oxidation sites excluding steroid dienone is 2. The van der Waals surface area contributed by atoms with Crippen molar-refractivity contribution in [2.24, 2.45) is 44.5 Å². The topological polar surface area (TPSA) is 451 Å². The summed E-state index contributed by atoms with van der Waals surface area (Å²) in [7, 11) is -2.16. The van der Waals surface area contributed by atoms with E-state index in [1.165, 1.54) is 28.4 Å². The zero-order valence-electron chi connectivity index (χ0n) is 81.1. The molecule has 2 aromatic heterocycles. The zero-order valence-corrected chi connectivity index (χ0v) is 84.3. The molecule has 5 saturated heterocycles. The molecule has 6 N–H and O–H groups in total. The van der Waals surface area contributed by atoms with E-state index in [9.17, 15) is 65.7 Å². The predicted octanol–water partition coefficient (Wildman–Crippen LogP) is 13.9. The number of aromatic nitrogens is 4. The SMILES string of the molecule is COC(=O)N[C@@H](C(=O)N1C[C@H](C#N)C[C@@H]1c1ncc(-c2ccc3cc(B4OC(C)(C)C(C)(C)O4)ccc3c2)[nH]1)C(C)C.COC(=O)N[C@H](CCS(C)(=O)=O)C(=O)N1CC2(CC2)C[C@@H]1C1=NC=C(c2ccc(-c3ccc4cc(-c5cnc([C@H]6C[C@@H](C#N)CN6C(=O)[C@H](NC(=O)OC)C(C)C)[nH]5)ccc4c3)cc2)C1.COC(=O)N[C@H](CCS(C)(=O)=O)C(=O)N1CC2(CC2)C[C@@H]1C1=NC=C(c2ccc(Br)cc2)C1. The monoisotopic (exact) mass is 2010 g/mol. The van der Waals surface area contributed by atoms with Gasteiger partial charge >= 0.3 is 31.5 Å². The summed E-state index contributed by atoms with van der Waals surface area (Å²) in [5.74, 6) is -1.51. The van der Waals surface area contributed by atoms with E-state index in [1.807, 2.05) is 110 Å². The summed E-state index contributed by atoms with van der Waals surface area (Å²) in [5.41, 5.74) is 11.9. The van der Waals surface area contributed by atoms with Crippen LogP contribution in [0.15, 0.2) is 161 Å². The number of imidazole rings is 2. The number of hydrogen-bond donors (Lipinski definition) is 6. The number of H-pyrrole nitrogens is 2. The number of carbonyl (C=O) groups excluding carboxylic acids is 8. The summed E-state index contributed by atoms with van der Waals surface area (Å²) >= 11 is 3.45. The van der Waals surface area contributed by atoms with Crippen LogP contribution in [0.3, 0.4) is 0 Å². The number of benzene rings is 6. The Morgan fingerprint density at radius 2 is 0.843 bits per heavy atom. The lowest BCUT2D eigenvalue weighted by Crippen LogP contribution is -2.52. The van der Waals surface area contributed by atoms with Crippen molar-refractivity contribution in [3.8, 4) is 45.8 Å². The number of methoxy groups -OCH3 is 4. The maximum absolute atomic E-state index is 14.0. The van der Waals surface area contributed by atoms with E-state index in [0.29, 0.717) is 50.4 Å². The molecule has 140 heavy (non-hydrogen) atoms. The van der Waals surface area contributed by atoms with Crippen LogP contribution in [0.25, 0.3) is 66.3 Å². The standard InChI is InChI=1S/C48H54N8O8S.C31H38BN5O5.C23H28BrN3O5S/c1-28(2)42(54-47(60)64-4)45(58)55-26-29(23-49)18-40(55)43-51-25-39(52-43)35-13-12-33-19-32(10-11-34(33)20-35)30-6-8-31(9-7-30)36-21-38(50-24-36)41-22-48(15-16-48)27-56(41)44(57)37(53-46(59)63-3)14-17-65(5,61)62;1-18(2)26(36-29(39)40-7)28(38)37-17-19(15-33)12-25(37)27-34-16-24(35-27)22-9-8-21-14-23(11-10-20(21)13-22)32-41-30(3,4)31(5,6)42-32;1-32-22(29)26-18(7-10-33(2,30)31)21(28)27-14-23(8-9-23)12-20(27)19-11-16(13-25-19)15-3-5-17(24)6-4-15/h6-13,19-20,24-25,28-29,37,40-42H,14-18,21-22,26-27H2,1-5H3,(H,51,52)(H,53,59)(H,54,60);8-11,13-14,16,18-19,25-26H,12,17H2,1-7H3,(H,34,35)(H,36,39);3-6,13,18,20H,7-12,14H2,1-2H3,(H,26,29)/t29-,37+,40+,41+,42+;19-,25+,26+;18-,20-/m001/s1. The summed E-state index contributed by atoms with van der Waals surface area (Å²) < 4.78 is 79.8. The van der Waals surface area contributed by atoms with E-state index in [4.69, 9.17) is 28.5 Å². The van der Waals surface area contributed by atoms with Gasteiger partial charge in [-0.1, -0.05) is 135 Å². The number of alkyl carbamates (subject to hydrolysis) is 4. The number of hydrogen-bond acceptors (Lipinski definition) is 24. The van der Waals surface area contributed by atoms with Crippen molar-refractivity contribution in [3.63, 3.8) is 0 Å². The van der Waals surface area contributed by atoms with Crippen molar-refractivity contribution in [3.05, 3.63) is 173 Å². The third kappa shape index (κ3) is 23.3. The molecule has 0 unspecified atom stereocenters. The molecule has 2 aliphatic carbocycles. The summed E-state index contributed by atoms with van der Waals surface area (Å²) in [6.07, 6.45) is 14.4. The quantitative estimate of drug-likeness (QED) is 0.0217. The van der Waals surface area contributed by atoms with Gasteiger partial charge in [0.2, 0.25) is 23.6 Å². The first-order valence-corrected chi connectivity index (χ1v) is 52.1. The predicted molar refractivity (Wildman–Crippen MR) is 534 cm³/mol. The normalized spacial score (nSPS) is 21.4. The van der Waals surface area contributed by atoms with Gasteiger partial charge in [-0.2, -0.15) is 10.5 Å². The average molecular weight is 2010 g/mol. The van der Waals surface area contributed by atoms with Crippen molar-refractivity contribution in [1.82, 2.24) is 60.8 Å². The number of fused-ring (bicyclic) bond motifs is 2. The number of halogens is 1. The van der Waals surface area contributed by atoms with Crippen LogP contribution in [0, 0.1) is 57.2 Å². The Morgan fingerprint density at radius 1 is 0.486 bits per heavy atom. The summed E-state index contributed by atoms with van der Waals surface area (Å²) in [5, 5.41) is 34.1. The molecule has 38 heteroatoms. The van der Waals surface area contributed by atoms with Crippen LogP contribution in [0.1, 0.15) is 167 Å². The molecular weight excluding hydrogens is 1890 g/mol. The molecule has 6 aromatic carbocycles. The Labute approximate surface area is 824 Å². The van der Waals surface area contributed by atoms with Crippen LogP contribution in [0.5, 0.6) is 0 Å². The molecule has 8 aromatic rings. The molecule has 10 atom stereocenters. The van der Waals surface area contributed by atoms with Crippen molar-refractivity contribution >= 4 is 140 Å². The highest BCUT2D eigenvalue weighted by molar-refractivity contribution is 9.10. The molecule has 0 bridgehead atoms. The van der Waals surface area contributed by atoms with Crippen molar-refractivity contribution in [2.45, 2.75) is 192 Å². The molecule has 0 radical (unpaired) electrons. The molecule has 9 heterocycles. The first-order chi connectivity index (χ1) is 66.5. The highest BCUT2D eigenvalue weighted by Gasteiger charge is 2.58. The van der Waals surface area contributed by atoms with Crippen LogP contribution in [0.2, 0.25) is 0 Å². The largest absolute Gasteiger partial charge is 0.494 e. The van der Waals surface area contributed by atoms with Crippen LogP contribution in [-0.4, -0.2) is 249 Å². The Hall–Kier alpha value is -12.6. The Bertz CT molecular complexity index is 6560. The van der Waals surface area contributed by atoms with Gasteiger partial charge in [-0.05, 0) is 205 Å². The fourth-order valence-corrected chi connectivity index (χ4v) is 21.1. The maximum Gasteiger partial charge on any atom is 0.494 e. The number of aromatic amines is 2. The van der Waals surface area contributed by atoms with E-state index in [2.05, 4.69) is 158 Å². The molecule has 9 aliphatic rings. The minimum absolute atomic E-state index is 0.00213. The number of nitriles is 2. The number of ether oxygens (including phenoxy) is 4. The second kappa shape index (κ2) is 41.7. The number of sulfone groups is 2. The van der Waals surface area contributed by atoms with Crippen LogP contribution in [-0.2, 0) is 67.1 Å². The maximum atomic E-state index is 14.0. The smallest absolute Gasteiger partial charge is 0.453 e. The van der Waals surface area contributed by atoms with Gasteiger partial charge in [0, 0.05) is 91.0 Å². The summed E-state index contributed by atoms with van der Waals surface area (Å²) in [4.78, 5) is 135. The number of likely N-dealkylation sites (tertiary alicyclic amines) is 4. The molecule has 17 rings (SSSR count). The van der Waals surface area contributed by atoms with Gasteiger partial charge in [-0.15, -0.1) is 0 Å². The summed E-state index contributed by atoms with van der Waals surface area (Å²) in [6, 6.07) is 41.0. The van der Waals surface area contributed by atoms with Crippen LogP contribution >= 0.6 is 15.9 Å². The van der Waals surface area contributed by atoms with Gasteiger partial charge < -0.3 is 79.1 Å². The third-order valence-corrected chi connectivity index (χ3v) is 31.2. The Balaban J connectivity index is 0.000000170. The number of aliphatic imine (C=N–C) groups is 2. The summed E-state index contributed by atoms with van der Waals surface area (Å²) in [6.45, 7) is 17.2. The van der Waals surface area contributed by atoms with Gasteiger partial charge in [0.05, 0.1) is 123 Å². The lowest BCUT2D eigenvalue weighted by molar-refractivity contribution is -0.136. The second-order valence-electron chi connectivity index (χ2n) is 40.0. The average Bonchev–Trinajstić information content (AvgIpc) is 1.58. The number of rotatable bonds is 26. The number of nitrogens with zero attached hydrogens (tertiary/aromatic N) is 10. The minimum atomic E-state index is -3.37.